The molecule has 7 nitrogen and oxygen atoms in total. The Bertz CT molecular complexity index is 732. The molecule has 2 aliphatic rings. The number of piperidine rings is 1. The molecule has 144 valence electrons. The molecule has 1 aromatic rings. The number of benzene rings is 1. The average molecular weight is 381 g/mol. The fourth-order valence-electron chi connectivity index (χ4n) is 3.65. The highest BCUT2D eigenvalue weighted by Gasteiger charge is 2.27. The van der Waals surface area contributed by atoms with Gasteiger partial charge in [-0.15, -0.1) is 0 Å². The molecule has 3 rings (SSSR count). The van der Waals surface area contributed by atoms with Crippen molar-refractivity contribution in [2.45, 2.75) is 36.6 Å². The summed E-state index contributed by atoms with van der Waals surface area (Å²) < 4.78 is 26.8. The molecule has 0 spiro atoms. The van der Waals surface area contributed by atoms with Crippen LogP contribution in [0.4, 0.5) is 5.69 Å². The number of nitrogens with zero attached hydrogens (tertiary/aromatic N) is 2. The van der Waals surface area contributed by atoms with Gasteiger partial charge in [0.1, 0.15) is 0 Å². The first kappa shape index (κ1) is 19.3. The molecular weight excluding hydrogens is 352 g/mol. The van der Waals surface area contributed by atoms with Crippen LogP contribution < -0.4 is 10.6 Å². The van der Waals surface area contributed by atoms with Crippen molar-refractivity contribution in [3.63, 3.8) is 0 Å². The zero-order chi connectivity index (χ0) is 18.6. The van der Waals surface area contributed by atoms with Gasteiger partial charge >= 0.3 is 0 Å². The predicted molar refractivity (Wildman–Crippen MR) is 102 cm³/mol. The molecule has 2 saturated heterocycles. The van der Waals surface area contributed by atoms with Crippen LogP contribution in [-0.2, 0) is 14.8 Å². The standard InChI is InChI=1S/C18H28N4O3S/c1-19-16-7-5-9-21(13-16)14-18(23)20-15-6-4-8-17(12-15)26(24,25)22-10-2-3-11-22/h4,6,8,12,16,19H,2-3,5,7,9-11,13-14H2,1H3,(H,20,23). The van der Waals surface area contributed by atoms with Crippen molar-refractivity contribution in [1.82, 2.24) is 14.5 Å². The molecule has 2 fully saturated rings. The summed E-state index contributed by atoms with van der Waals surface area (Å²) in [5, 5.41) is 6.10. The lowest BCUT2D eigenvalue weighted by Crippen LogP contribution is -2.46. The topological polar surface area (TPSA) is 81.8 Å². The number of anilines is 1. The molecule has 1 atom stereocenters. The van der Waals surface area contributed by atoms with Crippen molar-refractivity contribution in [3.05, 3.63) is 24.3 Å². The summed E-state index contributed by atoms with van der Waals surface area (Å²) in [7, 11) is -1.53. The summed E-state index contributed by atoms with van der Waals surface area (Å²) in [6.45, 7) is 3.23. The molecule has 26 heavy (non-hydrogen) atoms. The first-order valence-electron chi connectivity index (χ1n) is 9.29. The SMILES string of the molecule is CNC1CCCN(CC(=O)Nc2cccc(S(=O)(=O)N3CCCC3)c2)C1. The van der Waals surface area contributed by atoms with Gasteiger partial charge < -0.3 is 10.6 Å². The third-order valence-electron chi connectivity index (χ3n) is 5.10. The Labute approximate surface area is 155 Å². The molecule has 1 unspecified atom stereocenters. The summed E-state index contributed by atoms with van der Waals surface area (Å²) in [6, 6.07) is 6.97. The molecule has 0 saturated carbocycles. The fraction of sp³-hybridized carbons (Fsp3) is 0.611. The Morgan fingerprint density at radius 1 is 1.19 bits per heavy atom. The molecular formula is C18H28N4O3S. The summed E-state index contributed by atoms with van der Waals surface area (Å²) in [5.74, 6) is -0.113. The minimum Gasteiger partial charge on any atom is -0.325 e. The molecule has 2 heterocycles. The van der Waals surface area contributed by atoms with Crippen molar-refractivity contribution < 1.29 is 13.2 Å². The summed E-state index contributed by atoms with van der Waals surface area (Å²) in [6.07, 6.45) is 4.01. The maximum absolute atomic E-state index is 12.7. The lowest BCUT2D eigenvalue weighted by atomic mass is 10.1. The quantitative estimate of drug-likeness (QED) is 0.772. The summed E-state index contributed by atoms with van der Waals surface area (Å²) in [4.78, 5) is 14.7. The number of rotatable bonds is 6. The van der Waals surface area contributed by atoms with E-state index in [9.17, 15) is 13.2 Å². The summed E-state index contributed by atoms with van der Waals surface area (Å²) >= 11 is 0. The molecule has 0 bridgehead atoms. The number of carbonyl (C=O) groups excluding carboxylic acids is 1. The van der Waals surface area contributed by atoms with E-state index in [1.165, 1.54) is 4.31 Å². The van der Waals surface area contributed by atoms with Gasteiger partial charge in [-0.2, -0.15) is 4.31 Å². The number of nitrogens with one attached hydrogen (secondary N) is 2. The Kier molecular flexibility index (Phi) is 6.29. The monoisotopic (exact) mass is 380 g/mol. The van der Waals surface area contributed by atoms with Crippen LogP contribution >= 0.6 is 0 Å². The van der Waals surface area contributed by atoms with Gasteiger partial charge in [0, 0.05) is 31.4 Å². The van der Waals surface area contributed by atoms with Gasteiger partial charge in [0.25, 0.3) is 0 Å². The van der Waals surface area contributed by atoms with E-state index in [1.807, 2.05) is 7.05 Å². The van der Waals surface area contributed by atoms with E-state index in [1.54, 1.807) is 24.3 Å². The largest absolute Gasteiger partial charge is 0.325 e. The Morgan fingerprint density at radius 3 is 2.69 bits per heavy atom. The smallest absolute Gasteiger partial charge is 0.243 e. The third kappa shape index (κ3) is 4.62. The van der Waals surface area contributed by atoms with Crippen LogP contribution in [0.5, 0.6) is 0 Å². The second kappa shape index (κ2) is 8.47. The average Bonchev–Trinajstić information content (AvgIpc) is 3.17. The van der Waals surface area contributed by atoms with Gasteiger partial charge in [-0.25, -0.2) is 8.42 Å². The van der Waals surface area contributed by atoms with Crippen molar-refractivity contribution in [1.29, 1.82) is 0 Å². The van der Waals surface area contributed by atoms with Crippen LogP contribution in [0.15, 0.2) is 29.2 Å². The molecule has 2 aliphatic heterocycles. The van der Waals surface area contributed by atoms with Crippen LogP contribution in [0, 0.1) is 0 Å². The van der Waals surface area contributed by atoms with Gasteiger partial charge in [-0.05, 0) is 57.5 Å². The third-order valence-corrected chi connectivity index (χ3v) is 7.00. The van der Waals surface area contributed by atoms with Gasteiger partial charge in [-0.3, -0.25) is 9.69 Å². The predicted octanol–water partition coefficient (Wildman–Crippen LogP) is 1.09. The molecule has 0 radical (unpaired) electrons. The molecule has 2 N–H and O–H groups in total. The number of hydrogen-bond acceptors (Lipinski definition) is 5. The van der Waals surface area contributed by atoms with Crippen LogP contribution in [0.1, 0.15) is 25.7 Å². The van der Waals surface area contributed by atoms with E-state index in [-0.39, 0.29) is 10.8 Å². The van der Waals surface area contributed by atoms with Crippen LogP contribution in [-0.4, -0.2) is 69.3 Å². The second-order valence-electron chi connectivity index (χ2n) is 7.05. The van der Waals surface area contributed by atoms with Gasteiger partial charge in [0.15, 0.2) is 0 Å². The van der Waals surface area contributed by atoms with E-state index in [2.05, 4.69) is 15.5 Å². The summed E-state index contributed by atoms with van der Waals surface area (Å²) in [5.41, 5.74) is 0.525. The molecule has 0 aliphatic carbocycles. The Morgan fingerprint density at radius 2 is 1.96 bits per heavy atom. The zero-order valence-electron chi connectivity index (χ0n) is 15.3. The first-order valence-corrected chi connectivity index (χ1v) is 10.7. The molecule has 8 heteroatoms. The van der Waals surface area contributed by atoms with E-state index >= 15 is 0 Å². The van der Waals surface area contributed by atoms with Crippen molar-refractivity contribution in [2.75, 3.05) is 45.1 Å². The number of likely N-dealkylation sites (N-methyl/N-ethyl adjacent to an activating group) is 1. The van der Waals surface area contributed by atoms with Crippen LogP contribution in [0.3, 0.4) is 0 Å². The number of amides is 1. The van der Waals surface area contributed by atoms with Crippen molar-refractivity contribution >= 4 is 21.6 Å². The van der Waals surface area contributed by atoms with Crippen molar-refractivity contribution in [2.24, 2.45) is 0 Å². The minimum atomic E-state index is -3.47. The fourth-order valence-corrected chi connectivity index (χ4v) is 5.21. The molecule has 0 aromatic heterocycles. The maximum Gasteiger partial charge on any atom is 0.243 e. The van der Waals surface area contributed by atoms with Gasteiger partial charge in [0.05, 0.1) is 11.4 Å². The highest BCUT2D eigenvalue weighted by Crippen LogP contribution is 2.23. The van der Waals surface area contributed by atoms with E-state index < -0.39 is 10.0 Å². The number of likely N-dealkylation sites (tertiary alicyclic amines) is 1. The first-order chi connectivity index (χ1) is 12.5. The maximum atomic E-state index is 12.7. The number of carbonyl (C=O) groups is 1. The zero-order valence-corrected chi connectivity index (χ0v) is 16.1. The molecule has 1 aromatic carbocycles. The Hall–Kier alpha value is -1.48. The second-order valence-corrected chi connectivity index (χ2v) is 8.99. The van der Waals surface area contributed by atoms with Crippen molar-refractivity contribution in [3.8, 4) is 0 Å². The Balaban J connectivity index is 1.62. The van der Waals surface area contributed by atoms with E-state index in [4.69, 9.17) is 0 Å². The normalized spacial score (nSPS) is 22.4. The van der Waals surface area contributed by atoms with Crippen LogP contribution in [0.25, 0.3) is 0 Å². The highest BCUT2D eigenvalue weighted by atomic mass is 32.2. The number of sulfonamides is 1. The lowest BCUT2D eigenvalue weighted by molar-refractivity contribution is -0.117. The van der Waals surface area contributed by atoms with Gasteiger partial charge in [-0.1, -0.05) is 6.07 Å². The van der Waals surface area contributed by atoms with Gasteiger partial charge in [0.2, 0.25) is 15.9 Å². The molecule has 1 amide bonds. The minimum absolute atomic E-state index is 0.113. The van der Waals surface area contributed by atoms with Crippen LogP contribution in [0.2, 0.25) is 0 Å². The number of hydrogen-bond donors (Lipinski definition) is 2. The van der Waals surface area contributed by atoms with E-state index in [0.717, 1.165) is 38.8 Å². The highest BCUT2D eigenvalue weighted by molar-refractivity contribution is 7.89. The van der Waals surface area contributed by atoms with E-state index in [0.29, 0.717) is 31.4 Å². The lowest BCUT2D eigenvalue weighted by Gasteiger charge is -2.31.